The molecule has 1 fully saturated rings. The highest BCUT2D eigenvalue weighted by Gasteiger charge is 2.35. The second-order valence-corrected chi connectivity index (χ2v) is 4.61. The molecule has 1 aliphatic rings. The number of aliphatic hydroxyl groups excluding tert-OH is 2. The van der Waals surface area contributed by atoms with Crippen molar-refractivity contribution in [1.82, 2.24) is 9.55 Å². The summed E-state index contributed by atoms with van der Waals surface area (Å²) in [6.45, 7) is -0.322. The summed E-state index contributed by atoms with van der Waals surface area (Å²) in [4.78, 5) is 24.8. The minimum absolute atomic E-state index is 0. The van der Waals surface area contributed by atoms with Crippen LogP contribution in [0.3, 0.4) is 0 Å². The van der Waals surface area contributed by atoms with E-state index in [0.717, 1.165) is 0 Å². The molecule has 3 N–H and O–H groups in total. The molecule has 0 spiro atoms. The summed E-state index contributed by atoms with van der Waals surface area (Å²) >= 11 is 3.00. The first kappa shape index (κ1) is 15.6. The molecule has 9 heteroatoms. The molecule has 0 saturated carbocycles. The molecule has 0 aliphatic carbocycles. The van der Waals surface area contributed by atoms with Crippen LogP contribution in [0.2, 0.25) is 0 Å². The van der Waals surface area contributed by atoms with E-state index in [9.17, 15) is 14.7 Å². The zero-order valence-corrected chi connectivity index (χ0v) is 12.4. The van der Waals surface area contributed by atoms with E-state index in [2.05, 4.69) is 20.9 Å². The van der Waals surface area contributed by atoms with Gasteiger partial charge in [0.15, 0.2) is 0 Å². The maximum Gasteiger partial charge on any atom is 0.330 e. The van der Waals surface area contributed by atoms with E-state index in [4.69, 9.17) is 9.84 Å². The predicted molar refractivity (Wildman–Crippen MR) is 71.0 cm³/mol. The van der Waals surface area contributed by atoms with Crippen molar-refractivity contribution in [1.29, 1.82) is 0 Å². The summed E-state index contributed by atoms with van der Waals surface area (Å²) in [5.41, 5.74) is -1.14. The van der Waals surface area contributed by atoms with Gasteiger partial charge in [-0.3, -0.25) is 14.3 Å². The van der Waals surface area contributed by atoms with E-state index in [1.807, 2.05) is 0 Å². The standard InChI is InChI=1S/C9H11BrN2O5.BrH/c10-4-2-12(9(16)11-8(4)15)7-1-5(14)6(3-13)17-7;/h2,5-7,13-14H,1,3H2,(H,11,15,16);1H/t5-,6+,7+;/m0./s1. The Morgan fingerprint density at radius 3 is 2.78 bits per heavy atom. The fourth-order valence-corrected chi connectivity index (χ4v) is 2.04. The third kappa shape index (κ3) is 2.91. The molecule has 7 nitrogen and oxygen atoms in total. The number of rotatable bonds is 2. The van der Waals surface area contributed by atoms with Gasteiger partial charge in [-0.1, -0.05) is 0 Å². The lowest BCUT2D eigenvalue weighted by Gasteiger charge is -2.14. The van der Waals surface area contributed by atoms with Gasteiger partial charge < -0.3 is 14.9 Å². The maximum absolute atomic E-state index is 11.5. The molecule has 0 radical (unpaired) electrons. The highest BCUT2D eigenvalue weighted by atomic mass is 79.9. The van der Waals surface area contributed by atoms with Gasteiger partial charge in [0.05, 0.1) is 17.2 Å². The molecule has 102 valence electrons. The monoisotopic (exact) mass is 386 g/mol. The fraction of sp³-hybridized carbons (Fsp3) is 0.556. The highest BCUT2D eigenvalue weighted by molar-refractivity contribution is 9.10. The summed E-state index contributed by atoms with van der Waals surface area (Å²) in [5.74, 6) is 0. The summed E-state index contributed by atoms with van der Waals surface area (Å²) in [7, 11) is 0. The molecule has 3 atom stereocenters. The minimum Gasteiger partial charge on any atom is -0.394 e. The van der Waals surface area contributed by atoms with Gasteiger partial charge >= 0.3 is 5.69 Å². The number of aliphatic hydroxyl groups is 2. The number of aromatic nitrogens is 2. The Bertz CT molecular complexity index is 528. The normalized spacial score (nSPS) is 26.9. The Hall–Kier alpha value is -0.480. The van der Waals surface area contributed by atoms with E-state index in [1.54, 1.807) is 0 Å². The van der Waals surface area contributed by atoms with Crippen LogP contribution in [-0.4, -0.2) is 38.6 Å². The molecule has 0 amide bonds. The van der Waals surface area contributed by atoms with Crippen LogP contribution in [0.25, 0.3) is 0 Å². The smallest absolute Gasteiger partial charge is 0.330 e. The van der Waals surface area contributed by atoms with Gasteiger partial charge in [0.25, 0.3) is 5.56 Å². The van der Waals surface area contributed by atoms with E-state index < -0.39 is 29.7 Å². The van der Waals surface area contributed by atoms with Gasteiger partial charge in [-0.15, -0.1) is 17.0 Å². The van der Waals surface area contributed by atoms with Crippen LogP contribution < -0.4 is 11.2 Å². The number of nitrogens with zero attached hydrogens (tertiary/aromatic N) is 1. The van der Waals surface area contributed by atoms with Gasteiger partial charge in [0.2, 0.25) is 0 Å². The summed E-state index contributed by atoms with van der Waals surface area (Å²) in [6, 6.07) is 0. The number of nitrogens with one attached hydrogen (secondary N) is 1. The van der Waals surface area contributed by atoms with Gasteiger partial charge in [-0.2, -0.15) is 0 Å². The largest absolute Gasteiger partial charge is 0.394 e. The Kier molecular flexibility index (Phi) is 5.29. The molecule has 1 aromatic rings. The van der Waals surface area contributed by atoms with Gasteiger partial charge in [-0.25, -0.2) is 4.79 Å². The van der Waals surface area contributed by atoms with Crippen LogP contribution in [-0.2, 0) is 4.74 Å². The molecule has 0 aromatic carbocycles. The molecule has 1 aliphatic heterocycles. The van der Waals surface area contributed by atoms with E-state index in [1.165, 1.54) is 10.8 Å². The van der Waals surface area contributed by atoms with Gasteiger partial charge in [0, 0.05) is 12.6 Å². The molecule has 0 bridgehead atoms. The molecule has 0 unspecified atom stereocenters. The summed E-state index contributed by atoms with van der Waals surface area (Å²) in [5, 5.41) is 18.5. The summed E-state index contributed by atoms with van der Waals surface area (Å²) < 4.78 is 6.67. The van der Waals surface area contributed by atoms with Crippen molar-refractivity contribution < 1.29 is 14.9 Å². The van der Waals surface area contributed by atoms with Crippen LogP contribution in [0.4, 0.5) is 0 Å². The van der Waals surface area contributed by atoms with Crippen molar-refractivity contribution in [2.24, 2.45) is 0 Å². The Morgan fingerprint density at radius 1 is 1.56 bits per heavy atom. The number of ether oxygens (including phenoxy) is 1. The second kappa shape index (κ2) is 6.11. The van der Waals surface area contributed by atoms with Crippen LogP contribution >= 0.6 is 32.9 Å². The zero-order chi connectivity index (χ0) is 12.6. The quantitative estimate of drug-likeness (QED) is 0.635. The highest BCUT2D eigenvalue weighted by Crippen LogP contribution is 2.27. The van der Waals surface area contributed by atoms with Crippen LogP contribution in [0.1, 0.15) is 12.6 Å². The first-order chi connectivity index (χ1) is 8.02. The number of hydrogen-bond donors (Lipinski definition) is 3. The maximum atomic E-state index is 11.5. The lowest BCUT2D eigenvalue weighted by Crippen LogP contribution is -2.32. The van der Waals surface area contributed by atoms with Crippen molar-refractivity contribution in [3.63, 3.8) is 0 Å². The van der Waals surface area contributed by atoms with E-state index >= 15 is 0 Å². The average molecular weight is 388 g/mol. The molecular formula is C9H12Br2N2O5. The summed E-state index contributed by atoms with van der Waals surface area (Å²) in [6.07, 6.45) is -0.745. The average Bonchev–Trinajstić information content (AvgIpc) is 2.65. The second-order valence-electron chi connectivity index (χ2n) is 3.76. The van der Waals surface area contributed by atoms with Crippen LogP contribution in [0.5, 0.6) is 0 Å². The number of aromatic amines is 1. The number of H-pyrrole nitrogens is 1. The Balaban J connectivity index is 0.00000162. The van der Waals surface area contributed by atoms with Crippen molar-refractivity contribution in [3.05, 3.63) is 31.5 Å². The molecule has 18 heavy (non-hydrogen) atoms. The van der Waals surface area contributed by atoms with E-state index in [0.29, 0.717) is 0 Å². The Labute approximate surface area is 120 Å². The Morgan fingerprint density at radius 2 is 2.22 bits per heavy atom. The van der Waals surface area contributed by atoms with Crippen molar-refractivity contribution >= 4 is 32.9 Å². The van der Waals surface area contributed by atoms with Crippen molar-refractivity contribution in [2.45, 2.75) is 24.9 Å². The zero-order valence-electron chi connectivity index (χ0n) is 9.08. The molecule has 1 saturated heterocycles. The van der Waals surface area contributed by atoms with Crippen molar-refractivity contribution in [2.75, 3.05) is 6.61 Å². The lowest BCUT2D eigenvalue weighted by molar-refractivity contribution is -0.0459. The minimum atomic E-state index is -0.831. The third-order valence-corrected chi connectivity index (χ3v) is 3.18. The molecule has 2 heterocycles. The third-order valence-electron chi connectivity index (χ3n) is 2.62. The predicted octanol–water partition coefficient (Wildman–Crippen LogP) is -0.482. The van der Waals surface area contributed by atoms with Gasteiger partial charge in [-0.05, 0) is 15.9 Å². The first-order valence-electron chi connectivity index (χ1n) is 4.98. The fourth-order valence-electron chi connectivity index (χ4n) is 1.72. The first-order valence-corrected chi connectivity index (χ1v) is 5.77. The SMILES string of the molecule is Br.O=c1[nH]c(=O)n([C@H]2C[C@H](O)[C@@H](CO)O2)cc1Br. The molecule has 2 rings (SSSR count). The van der Waals surface area contributed by atoms with E-state index in [-0.39, 0.29) is 34.5 Å². The molecular weight excluding hydrogens is 376 g/mol. The van der Waals surface area contributed by atoms with Crippen LogP contribution in [0, 0.1) is 0 Å². The lowest BCUT2D eigenvalue weighted by atomic mass is 10.2. The number of hydrogen-bond acceptors (Lipinski definition) is 5. The topological polar surface area (TPSA) is 105 Å². The number of halogens is 2. The molecule has 1 aromatic heterocycles. The van der Waals surface area contributed by atoms with Gasteiger partial charge in [0.1, 0.15) is 12.3 Å². The van der Waals surface area contributed by atoms with Crippen molar-refractivity contribution in [3.8, 4) is 0 Å². The van der Waals surface area contributed by atoms with Crippen LogP contribution in [0.15, 0.2) is 20.3 Å².